The minimum absolute atomic E-state index is 0.266. The fourth-order valence-corrected chi connectivity index (χ4v) is 2.14. The lowest BCUT2D eigenvalue weighted by Crippen LogP contribution is -2.40. The van der Waals surface area contributed by atoms with Gasteiger partial charge in [-0.1, -0.05) is 23.7 Å². The summed E-state index contributed by atoms with van der Waals surface area (Å²) >= 11 is 5.94. The van der Waals surface area contributed by atoms with Crippen molar-refractivity contribution in [3.63, 3.8) is 0 Å². The van der Waals surface area contributed by atoms with Crippen LogP contribution in [-0.2, 0) is 6.54 Å². The first-order valence-electron chi connectivity index (χ1n) is 5.57. The van der Waals surface area contributed by atoms with Crippen molar-refractivity contribution in [2.45, 2.75) is 38.8 Å². The maximum Gasteiger partial charge on any atom is 0.0409 e. The van der Waals surface area contributed by atoms with E-state index in [-0.39, 0.29) is 5.54 Å². The van der Waals surface area contributed by atoms with Crippen LogP contribution in [0, 0.1) is 5.92 Å². The van der Waals surface area contributed by atoms with E-state index in [9.17, 15) is 0 Å². The van der Waals surface area contributed by atoms with E-state index in [2.05, 4.69) is 25.2 Å². The van der Waals surface area contributed by atoms with Crippen LogP contribution in [0.1, 0.15) is 32.3 Å². The summed E-state index contributed by atoms with van der Waals surface area (Å²) in [7, 11) is 0. The molecule has 0 bridgehead atoms. The van der Waals surface area contributed by atoms with Gasteiger partial charge in [-0.05, 0) is 50.3 Å². The third-order valence-corrected chi connectivity index (χ3v) is 3.47. The summed E-state index contributed by atoms with van der Waals surface area (Å²) in [6.07, 6.45) is 2.74. The van der Waals surface area contributed by atoms with Crippen molar-refractivity contribution >= 4 is 11.6 Å². The second kappa shape index (κ2) is 4.15. The van der Waals surface area contributed by atoms with Crippen LogP contribution in [0.15, 0.2) is 24.3 Å². The van der Waals surface area contributed by atoms with Gasteiger partial charge in [0.05, 0.1) is 0 Å². The molecule has 2 rings (SSSR count). The summed E-state index contributed by atoms with van der Waals surface area (Å²) in [6.45, 7) is 5.48. The molecular weight excluding hydrogens is 206 g/mol. The fraction of sp³-hybridized carbons (Fsp3) is 0.538. The molecular formula is C13H18ClN. The van der Waals surface area contributed by atoms with Gasteiger partial charge in [-0.3, -0.25) is 0 Å². The first-order chi connectivity index (χ1) is 7.08. The summed E-state index contributed by atoms with van der Waals surface area (Å²) in [6, 6.07) is 8.06. The summed E-state index contributed by atoms with van der Waals surface area (Å²) < 4.78 is 0. The molecule has 0 aromatic heterocycles. The van der Waals surface area contributed by atoms with Crippen molar-refractivity contribution in [1.29, 1.82) is 0 Å². The monoisotopic (exact) mass is 223 g/mol. The molecule has 0 heterocycles. The zero-order chi connectivity index (χ0) is 10.9. The van der Waals surface area contributed by atoms with Gasteiger partial charge in [-0.15, -0.1) is 0 Å². The van der Waals surface area contributed by atoms with Gasteiger partial charge >= 0.3 is 0 Å². The summed E-state index contributed by atoms with van der Waals surface area (Å²) in [4.78, 5) is 0. The number of halogens is 1. The Morgan fingerprint density at radius 1 is 1.40 bits per heavy atom. The Morgan fingerprint density at radius 2 is 2.13 bits per heavy atom. The number of benzene rings is 1. The van der Waals surface area contributed by atoms with Gasteiger partial charge in [0.15, 0.2) is 0 Å². The Bertz CT molecular complexity index is 342. The molecule has 1 fully saturated rings. The highest BCUT2D eigenvalue weighted by molar-refractivity contribution is 6.30. The molecule has 1 saturated carbocycles. The molecule has 1 aromatic carbocycles. The van der Waals surface area contributed by atoms with Crippen molar-refractivity contribution in [1.82, 2.24) is 5.32 Å². The molecule has 1 aliphatic rings. The van der Waals surface area contributed by atoms with Gasteiger partial charge in [0, 0.05) is 17.1 Å². The smallest absolute Gasteiger partial charge is 0.0409 e. The largest absolute Gasteiger partial charge is 0.307 e. The Kier molecular flexibility index (Phi) is 3.03. The molecule has 2 heteroatoms. The van der Waals surface area contributed by atoms with Crippen LogP contribution in [0.2, 0.25) is 5.02 Å². The minimum Gasteiger partial charge on any atom is -0.307 e. The second-order valence-corrected chi connectivity index (χ2v) is 5.42. The Labute approximate surface area is 96.8 Å². The summed E-state index contributed by atoms with van der Waals surface area (Å²) in [5, 5.41) is 4.42. The second-order valence-electron chi connectivity index (χ2n) is 4.98. The van der Waals surface area contributed by atoms with Crippen LogP contribution in [0.3, 0.4) is 0 Å². The van der Waals surface area contributed by atoms with Gasteiger partial charge in [-0.2, -0.15) is 0 Å². The highest BCUT2D eigenvalue weighted by atomic mass is 35.5. The van der Waals surface area contributed by atoms with Crippen LogP contribution in [0.25, 0.3) is 0 Å². The lowest BCUT2D eigenvalue weighted by atomic mass is 9.98. The van der Waals surface area contributed by atoms with Crippen molar-refractivity contribution in [2.24, 2.45) is 5.92 Å². The Morgan fingerprint density at radius 3 is 2.73 bits per heavy atom. The molecule has 1 N–H and O–H groups in total. The van der Waals surface area contributed by atoms with Crippen molar-refractivity contribution in [2.75, 3.05) is 0 Å². The van der Waals surface area contributed by atoms with Gasteiger partial charge in [0.1, 0.15) is 0 Å². The third-order valence-electron chi connectivity index (χ3n) is 3.24. The van der Waals surface area contributed by atoms with Gasteiger partial charge < -0.3 is 5.32 Å². The lowest BCUT2D eigenvalue weighted by Gasteiger charge is -2.26. The predicted octanol–water partition coefficient (Wildman–Crippen LogP) is 3.62. The van der Waals surface area contributed by atoms with E-state index in [0.29, 0.717) is 0 Å². The minimum atomic E-state index is 0.266. The molecule has 82 valence electrons. The molecule has 0 unspecified atom stereocenters. The average molecular weight is 224 g/mol. The van der Waals surface area contributed by atoms with Crippen molar-refractivity contribution in [3.8, 4) is 0 Å². The molecule has 0 spiro atoms. The SMILES string of the molecule is CC(C)(NCc1cccc(Cl)c1)C1CC1. The Balaban J connectivity index is 1.92. The summed E-state index contributed by atoms with van der Waals surface area (Å²) in [5.74, 6) is 0.858. The standard InChI is InChI=1S/C13H18ClN/c1-13(2,11-6-7-11)15-9-10-4-3-5-12(14)8-10/h3-5,8,11,15H,6-7,9H2,1-2H3. The predicted molar refractivity (Wildman–Crippen MR) is 65.1 cm³/mol. The van der Waals surface area contributed by atoms with Crippen molar-refractivity contribution in [3.05, 3.63) is 34.9 Å². The average Bonchev–Trinajstić information content (AvgIpc) is 2.98. The van der Waals surface area contributed by atoms with Crippen LogP contribution >= 0.6 is 11.6 Å². The van der Waals surface area contributed by atoms with Crippen LogP contribution in [0.5, 0.6) is 0 Å². The van der Waals surface area contributed by atoms with E-state index < -0.39 is 0 Å². The topological polar surface area (TPSA) is 12.0 Å². The zero-order valence-corrected chi connectivity index (χ0v) is 10.1. The van der Waals surface area contributed by atoms with Gasteiger partial charge in [0.25, 0.3) is 0 Å². The maximum atomic E-state index is 5.94. The van der Waals surface area contributed by atoms with Crippen LogP contribution in [0.4, 0.5) is 0 Å². The van der Waals surface area contributed by atoms with E-state index in [1.165, 1.54) is 18.4 Å². The number of hydrogen-bond acceptors (Lipinski definition) is 1. The van der Waals surface area contributed by atoms with E-state index >= 15 is 0 Å². The van der Waals surface area contributed by atoms with E-state index in [1.54, 1.807) is 0 Å². The quantitative estimate of drug-likeness (QED) is 0.822. The molecule has 15 heavy (non-hydrogen) atoms. The Hall–Kier alpha value is -0.530. The molecule has 0 atom stereocenters. The number of hydrogen-bond donors (Lipinski definition) is 1. The number of rotatable bonds is 4. The maximum absolute atomic E-state index is 5.94. The first kappa shape index (κ1) is 11.0. The van der Waals surface area contributed by atoms with Gasteiger partial charge in [-0.25, -0.2) is 0 Å². The van der Waals surface area contributed by atoms with Crippen molar-refractivity contribution < 1.29 is 0 Å². The highest BCUT2D eigenvalue weighted by Gasteiger charge is 2.36. The van der Waals surface area contributed by atoms with E-state index in [0.717, 1.165) is 17.5 Å². The van der Waals surface area contributed by atoms with Crippen LogP contribution < -0.4 is 5.32 Å². The molecule has 1 nitrogen and oxygen atoms in total. The lowest BCUT2D eigenvalue weighted by molar-refractivity contribution is 0.339. The van der Waals surface area contributed by atoms with E-state index in [1.807, 2.05) is 18.2 Å². The first-order valence-corrected chi connectivity index (χ1v) is 5.95. The zero-order valence-electron chi connectivity index (χ0n) is 9.39. The third kappa shape index (κ3) is 2.96. The van der Waals surface area contributed by atoms with Gasteiger partial charge in [0.2, 0.25) is 0 Å². The molecule has 1 aromatic rings. The van der Waals surface area contributed by atoms with E-state index in [4.69, 9.17) is 11.6 Å². The highest BCUT2D eigenvalue weighted by Crippen LogP contribution is 2.39. The molecule has 0 saturated heterocycles. The molecule has 1 aliphatic carbocycles. The molecule has 0 aliphatic heterocycles. The molecule has 0 amide bonds. The number of nitrogens with one attached hydrogen (secondary N) is 1. The van der Waals surface area contributed by atoms with Crippen LogP contribution in [-0.4, -0.2) is 5.54 Å². The fourth-order valence-electron chi connectivity index (χ4n) is 1.93. The normalized spacial score (nSPS) is 16.7. The molecule has 0 radical (unpaired) electrons. The summed E-state index contributed by atoms with van der Waals surface area (Å²) in [5.41, 5.74) is 1.53.